The molecule has 0 radical (unpaired) electrons. The lowest BCUT2D eigenvalue weighted by atomic mass is 10.0. The summed E-state index contributed by atoms with van der Waals surface area (Å²) < 4.78 is 39.0. The Bertz CT molecular complexity index is 906. The second-order valence-electron chi connectivity index (χ2n) is 7.75. The van der Waals surface area contributed by atoms with Crippen molar-refractivity contribution in [3.05, 3.63) is 59.8 Å². The first-order valence-corrected chi connectivity index (χ1v) is 10.7. The second-order valence-corrected chi connectivity index (χ2v) is 9.41. The van der Waals surface area contributed by atoms with Gasteiger partial charge < -0.3 is 9.47 Å². The molecule has 2 aromatic rings. The number of hydrogen-bond donors (Lipinski definition) is 1. The fourth-order valence-corrected chi connectivity index (χ4v) is 3.93. The second kappa shape index (κ2) is 9.47. The number of rotatable bonds is 8. The monoisotopic (exact) mass is 420 g/mol. The van der Waals surface area contributed by atoms with E-state index >= 15 is 0 Å². The van der Waals surface area contributed by atoms with Gasteiger partial charge in [-0.05, 0) is 45.4 Å². The summed E-state index contributed by atoms with van der Waals surface area (Å²) in [6.07, 6.45) is 0.905. The van der Waals surface area contributed by atoms with Gasteiger partial charge in [0.2, 0.25) is 0 Å². The minimum absolute atomic E-state index is 0.182. The lowest BCUT2D eigenvalue weighted by Crippen LogP contribution is -2.52. The van der Waals surface area contributed by atoms with Crippen LogP contribution >= 0.6 is 0 Å². The van der Waals surface area contributed by atoms with Gasteiger partial charge in [0.15, 0.2) is 5.03 Å². The molecule has 158 valence electrons. The maximum absolute atomic E-state index is 12.8. The number of pyridine rings is 1. The number of esters is 1. The molecule has 0 aliphatic carbocycles. The zero-order chi connectivity index (χ0) is 21.7. The molecular formula is C21H28N2O5S. The fraction of sp³-hybridized carbons (Fsp3) is 0.429. The van der Waals surface area contributed by atoms with Crippen LogP contribution in [0.4, 0.5) is 0 Å². The van der Waals surface area contributed by atoms with Gasteiger partial charge in [-0.25, -0.2) is 13.4 Å². The van der Waals surface area contributed by atoms with E-state index in [0.29, 0.717) is 6.42 Å². The Morgan fingerprint density at radius 2 is 1.79 bits per heavy atom. The van der Waals surface area contributed by atoms with E-state index in [0.717, 1.165) is 11.1 Å². The van der Waals surface area contributed by atoms with Crippen molar-refractivity contribution in [2.45, 2.75) is 56.9 Å². The SMILES string of the molecule is COC(=O)[C@@H](NS(=O)(=O)c1ccccn1)[C@@H](Cc1ccc(C)cc1)OC(C)(C)C. The number of methoxy groups -OCH3 is 1. The highest BCUT2D eigenvalue weighted by Gasteiger charge is 2.37. The van der Waals surface area contributed by atoms with Crippen LogP contribution in [0.3, 0.4) is 0 Å². The van der Waals surface area contributed by atoms with Crippen molar-refractivity contribution in [3.8, 4) is 0 Å². The Morgan fingerprint density at radius 3 is 2.31 bits per heavy atom. The van der Waals surface area contributed by atoms with Crippen molar-refractivity contribution in [2.75, 3.05) is 7.11 Å². The van der Waals surface area contributed by atoms with Crippen molar-refractivity contribution in [1.82, 2.24) is 9.71 Å². The van der Waals surface area contributed by atoms with E-state index in [1.54, 1.807) is 12.1 Å². The van der Waals surface area contributed by atoms with Gasteiger partial charge in [0.25, 0.3) is 10.0 Å². The van der Waals surface area contributed by atoms with Crippen LogP contribution < -0.4 is 4.72 Å². The van der Waals surface area contributed by atoms with E-state index in [1.807, 2.05) is 52.0 Å². The van der Waals surface area contributed by atoms with Gasteiger partial charge in [0.05, 0.1) is 18.8 Å². The minimum Gasteiger partial charge on any atom is -0.468 e. The van der Waals surface area contributed by atoms with Crippen molar-refractivity contribution >= 4 is 16.0 Å². The summed E-state index contributed by atoms with van der Waals surface area (Å²) >= 11 is 0. The van der Waals surface area contributed by atoms with Crippen LogP contribution in [0.1, 0.15) is 31.9 Å². The number of aryl methyl sites for hydroxylation is 1. The Balaban J connectivity index is 2.39. The zero-order valence-corrected chi connectivity index (χ0v) is 18.2. The normalized spacial score (nSPS) is 14.2. The number of carbonyl (C=O) groups is 1. The third-order valence-electron chi connectivity index (χ3n) is 4.08. The molecule has 8 heteroatoms. The number of benzene rings is 1. The van der Waals surface area contributed by atoms with Gasteiger partial charge >= 0.3 is 5.97 Å². The topological polar surface area (TPSA) is 94.6 Å². The maximum Gasteiger partial charge on any atom is 0.326 e. The summed E-state index contributed by atoms with van der Waals surface area (Å²) in [6.45, 7) is 7.51. The number of nitrogens with one attached hydrogen (secondary N) is 1. The third-order valence-corrected chi connectivity index (χ3v) is 5.44. The van der Waals surface area contributed by atoms with Crippen LogP contribution in [0.2, 0.25) is 0 Å². The third kappa shape index (κ3) is 6.92. The molecule has 1 heterocycles. The molecule has 0 saturated heterocycles. The first-order valence-electron chi connectivity index (χ1n) is 9.26. The highest BCUT2D eigenvalue weighted by molar-refractivity contribution is 7.89. The molecule has 2 rings (SSSR count). The number of ether oxygens (including phenoxy) is 2. The zero-order valence-electron chi connectivity index (χ0n) is 17.4. The van der Waals surface area contributed by atoms with E-state index in [1.165, 1.54) is 19.4 Å². The van der Waals surface area contributed by atoms with E-state index in [9.17, 15) is 13.2 Å². The Morgan fingerprint density at radius 1 is 1.14 bits per heavy atom. The molecule has 0 aliphatic rings. The van der Waals surface area contributed by atoms with E-state index in [2.05, 4.69) is 9.71 Å². The molecule has 0 unspecified atom stereocenters. The smallest absolute Gasteiger partial charge is 0.326 e. The van der Waals surface area contributed by atoms with Crippen molar-refractivity contribution in [2.24, 2.45) is 0 Å². The number of aromatic nitrogens is 1. The van der Waals surface area contributed by atoms with Crippen LogP contribution in [0.15, 0.2) is 53.7 Å². The maximum atomic E-state index is 12.8. The predicted molar refractivity (Wildman–Crippen MR) is 110 cm³/mol. The molecule has 1 N–H and O–H groups in total. The minimum atomic E-state index is -4.06. The summed E-state index contributed by atoms with van der Waals surface area (Å²) in [4.78, 5) is 16.4. The van der Waals surface area contributed by atoms with Gasteiger partial charge in [0, 0.05) is 12.6 Å². The lowest BCUT2D eigenvalue weighted by Gasteiger charge is -2.32. The van der Waals surface area contributed by atoms with Crippen LogP contribution in [0, 0.1) is 6.92 Å². The van der Waals surface area contributed by atoms with Crippen molar-refractivity contribution < 1.29 is 22.7 Å². The molecular weight excluding hydrogens is 392 g/mol. The predicted octanol–water partition coefficient (Wildman–Crippen LogP) is 2.64. The molecule has 0 bridgehead atoms. The first kappa shape index (κ1) is 23.0. The Kier molecular flexibility index (Phi) is 7.51. The fourth-order valence-electron chi connectivity index (χ4n) is 2.77. The number of sulfonamides is 1. The summed E-state index contributed by atoms with van der Waals surface area (Å²) in [5, 5.41) is -0.182. The summed E-state index contributed by atoms with van der Waals surface area (Å²) in [5.74, 6) is -0.731. The van der Waals surface area contributed by atoms with E-state index in [-0.39, 0.29) is 5.03 Å². The van der Waals surface area contributed by atoms with Crippen LogP contribution in [-0.2, 0) is 30.7 Å². The largest absolute Gasteiger partial charge is 0.468 e. The van der Waals surface area contributed by atoms with Gasteiger partial charge in [-0.15, -0.1) is 0 Å². The van der Waals surface area contributed by atoms with Crippen LogP contribution in [0.25, 0.3) is 0 Å². The number of carbonyl (C=O) groups excluding carboxylic acids is 1. The number of hydrogen-bond acceptors (Lipinski definition) is 6. The standard InChI is InChI=1S/C21H28N2O5S/c1-15-9-11-16(12-10-15)14-17(28-21(2,3)4)19(20(24)27-5)23-29(25,26)18-8-6-7-13-22-18/h6-13,17,19,23H,14H2,1-5H3/t17-,19+/m1/s1. The quantitative estimate of drug-likeness (QED) is 0.660. The first-order chi connectivity index (χ1) is 13.5. The summed E-state index contributed by atoms with van der Waals surface area (Å²) in [7, 11) is -2.84. The van der Waals surface area contributed by atoms with Crippen LogP contribution in [-0.4, -0.2) is 44.2 Å². The lowest BCUT2D eigenvalue weighted by molar-refractivity contribution is -0.150. The summed E-state index contributed by atoms with van der Waals surface area (Å²) in [5.41, 5.74) is 1.40. The van der Waals surface area contributed by atoms with Gasteiger partial charge in [-0.2, -0.15) is 4.72 Å². The van der Waals surface area contributed by atoms with E-state index < -0.39 is 33.7 Å². The van der Waals surface area contributed by atoms with E-state index in [4.69, 9.17) is 9.47 Å². The van der Waals surface area contributed by atoms with Gasteiger partial charge in [-0.3, -0.25) is 4.79 Å². The molecule has 0 spiro atoms. The molecule has 0 fully saturated rings. The average molecular weight is 421 g/mol. The molecule has 1 aromatic carbocycles. The molecule has 2 atom stereocenters. The summed E-state index contributed by atoms with van der Waals surface area (Å²) in [6, 6.07) is 11.0. The Labute approximate surface area is 172 Å². The Hall–Kier alpha value is -2.29. The van der Waals surface area contributed by atoms with Crippen molar-refractivity contribution in [1.29, 1.82) is 0 Å². The highest BCUT2D eigenvalue weighted by Crippen LogP contribution is 2.20. The average Bonchev–Trinajstić information content (AvgIpc) is 2.66. The molecule has 0 amide bonds. The van der Waals surface area contributed by atoms with Gasteiger partial charge in [0.1, 0.15) is 6.04 Å². The molecule has 7 nitrogen and oxygen atoms in total. The van der Waals surface area contributed by atoms with Crippen LogP contribution in [0.5, 0.6) is 0 Å². The number of nitrogens with zero attached hydrogens (tertiary/aromatic N) is 1. The molecule has 0 aliphatic heterocycles. The highest BCUT2D eigenvalue weighted by atomic mass is 32.2. The van der Waals surface area contributed by atoms with Gasteiger partial charge in [-0.1, -0.05) is 35.9 Å². The molecule has 1 aromatic heterocycles. The van der Waals surface area contributed by atoms with Crippen molar-refractivity contribution in [3.63, 3.8) is 0 Å². The molecule has 29 heavy (non-hydrogen) atoms. The molecule has 0 saturated carbocycles.